The first kappa shape index (κ1) is 16.1. The number of halogens is 3. The molecule has 1 aromatic heterocycles. The Balaban J connectivity index is 2.32. The fourth-order valence-electron chi connectivity index (χ4n) is 1.76. The van der Waals surface area contributed by atoms with Gasteiger partial charge in [0.2, 0.25) is 0 Å². The van der Waals surface area contributed by atoms with E-state index in [1.165, 1.54) is 4.88 Å². The molecule has 0 amide bonds. The second kappa shape index (κ2) is 6.67. The van der Waals surface area contributed by atoms with Crippen molar-refractivity contribution < 1.29 is 4.74 Å². The average molecular weight is 395 g/mol. The molecule has 1 heterocycles. The molecule has 20 heavy (non-hydrogen) atoms. The molecule has 0 saturated carbocycles. The van der Waals surface area contributed by atoms with Crippen molar-refractivity contribution in [3.63, 3.8) is 0 Å². The zero-order chi connectivity index (χ0) is 14.9. The highest BCUT2D eigenvalue weighted by atomic mass is 79.9. The summed E-state index contributed by atoms with van der Waals surface area (Å²) in [7, 11) is 0. The Hall–Kier alpha value is -0.260. The summed E-state index contributed by atoms with van der Waals surface area (Å²) in [6.45, 7) is 3.96. The van der Waals surface area contributed by atoms with E-state index in [0.717, 1.165) is 9.35 Å². The first-order valence-electron chi connectivity index (χ1n) is 6.01. The van der Waals surface area contributed by atoms with Crippen molar-refractivity contribution in [2.24, 2.45) is 5.73 Å². The predicted octanol–water partition coefficient (Wildman–Crippen LogP) is 5.59. The van der Waals surface area contributed by atoms with Gasteiger partial charge in [-0.15, -0.1) is 11.3 Å². The molecule has 0 saturated heterocycles. The van der Waals surface area contributed by atoms with Gasteiger partial charge in [0.15, 0.2) is 0 Å². The SMILES string of the molecule is Cc1ccc(C(Oc2cc(Cl)c(Br)cc2Cl)C(C)N)s1. The third kappa shape index (κ3) is 3.68. The minimum absolute atomic E-state index is 0.161. The number of aryl methyl sites for hydroxylation is 1. The molecule has 0 radical (unpaired) electrons. The molecule has 2 N–H and O–H groups in total. The van der Waals surface area contributed by atoms with Crippen LogP contribution in [0.25, 0.3) is 0 Å². The van der Waals surface area contributed by atoms with E-state index in [4.69, 9.17) is 33.7 Å². The van der Waals surface area contributed by atoms with Gasteiger partial charge in [-0.25, -0.2) is 0 Å². The van der Waals surface area contributed by atoms with Crippen molar-refractivity contribution in [1.29, 1.82) is 0 Å². The quantitative estimate of drug-likeness (QED) is 0.685. The molecule has 108 valence electrons. The molecular weight excluding hydrogens is 381 g/mol. The Morgan fingerprint density at radius 3 is 2.50 bits per heavy atom. The van der Waals surface area contributed by atoms with Gasteiger partial charge in [-0.3, -0.25) is 0 Å². The number of ether oxygens (including phenoxy) is 1. The third-order valence-corrected chi connectivity index (χ3v) is 5.30. The molecule has 6 heteroatoms. The Labute approximate surface area is 141 Å². The monoisotopic (exact) mass is 393 g/mol. The van der Waals surface area contributed by atoms with Gasteiger partial charge < -0.3 is 10.5 Å². The van der Waals surface area contributed by atoms with Gasteiger partial charge in [0.25, 0.3) is 0 Å². The van der Waals surface area contributed by atoms with Gasteiger partial charge in [0, 0.05) is 26.3 Å². The number of rotatable bonds is 4. The van der Waals surface area contributed by atoms with Crippen molar-refractivity contribution in [2.75, 3.05) is 0 Å². The van der Waals surface area contributed by atoms with Crippen molar-refractivity contribution in [3.8, 4) is 5.75 Å². The minimum Gasteiger partial charge on any atom is -0.482 e. The molecule has 2 aromatic rings. The summed E-state index contributed by atoms with van der Waals surface area (Å²) in [5.41, 5.74) is 6.04. The standard InChI is InChI=1S/C14H14BrCl2NOS/c1-7-3-4-13(20-7)14(8(2)18)19-12-6-10(16)9(15)5-11(12)17/h3-6,8,14H,18H2,1-2H3. The van der Waals surface area contributed by atoms with E-state index < -0.39 is 0 Å². The van der Waals surface area contributed by atoms with Crippen LogP contribution in [0.4, 0.5) is 0 Å². The lowest BCUT2D eigenvalue weighted by molar-refractivity contribution is 0.184. The summed E-state index contributed by atoms with van der Waals surface area (Å²) in [5.74, 6) is 0.535. The van der Waals surface area contributed by atoms with Gasteiger partial charge in [-0.1, -0.05) is 23.2 Å². The van der Waals surface area contributed by atoms with E-state index in [0.29, 0.717) is 15.8 Å². The molecule has 0 bridgehead atoms. The highest BCUT2D eigenvalue weighted by Gasteiger charge is 2.21. The topological polar surface area (TPSA) is 35.2 Å². The first-order valence-corrected chi connectivity index (χ1v) is 8.38. The van der Waals surface area contributed by atoms with Crippen molar-refractivity contribution in [1.82, 2.24) is 0 Å². The molecule has 0 aliphatic rings. The lowest BCUT2D eigenvalue weighted by Crippen LogP contribution is -2.28. The molecule has 2 rings (SSSR count). The normalized spacial score (nSPS) is 14.1. The molecule has 1 aromatic carbocycles. The Morgan fingerprint density at radius 2 is 1.95 bits per heavy atom. The van der Waals surface area contributed by atoms with Crippen LogP contribution >= 0.6 is 50.5 Å². The molecule has 0 fully saturated rings. The van der Waals surface area contributed by atoms with Crippen LogP contribution in [0.5, 0.6) is 5.75 Å². The first-order chi connectivity index (χ1) is 9.38. The van der Waals surface area contributed by atoms with Crippen LogP contribution < -0.4 is 10.5 Å². The third-order valence-electron chi connectivity index (χ3n) is 2.75. The molecule has 0 spiro atoms. The Bertz CT molecular complexity index is 615. The highest BCUT2D eigenvalue weighted by Crippen LogP contribution is 2.37. The Morgan fingerprint density at radius 1 is 1.25 bits per heavy atom. The average Bonchev–Trinajstić information content (AvgIpc) is 2.78. The van der Waals surface area contributed by atoms with E-state index in [1.54, 1.807) is 23.5 Å². The molecule has 0 aliphatic carbocycles. The van der Waals surface area contributed by atoms with Gasteiger partial charge in [0.05, 0.1) is 10.0 Å². The number of hydrogen-bond acceptors (Lipinski definition) is 3. The van der Waals surface area contributed by atoms with E-state index in [1.807, 2.05) is 13.0 Å². The zero-order valence-electron chi connectivity index (χ0n) is 11.0. The van der Waals surface area contributed by atoms with Crippen LogP contribution in [0.1, 0.15) is 22.8 Å². The molecule has 2 nitrogen and oxygen atoms in total. The summed E-state index contributed by atoms with van der Waals surface area (Å²) < 4.78 is 6.73. The smallest absolute Gasteiger partial charge is 0.148 e. The second-order valence-electron chi connectivity index (χ2n) is 4.54. The summed E-state index contributed by atoms with van der Waals surface area (Å²) >= 11 is 17.3. The maximum atomic E-state index is 6.19. The van der Waals surface area contributed by atoms with Crippen molar-refractivity contribution in [2.45, 2.75) is 26.0 Å². The van der Waals surface area contributed by atoms with Crippen LogP contribution in [0.15, 0.2) is 28.7 Å². The van der Waals surface area contributed by atoms with Crippen LogP contribution in [-0.4, -0.2) is 6.04 Å². The summed E-state index contributed by atoms with van der Waals surface area (Å²) in [6.07, 6.45) is -0.247. The van der Waals surface area contributed by atoms with Gasteiger partial charge in [0.1, 0.15) is 11.9 Å². The number of nitrogens with two attached hydrogens (primary N) is 1. The van der Waals surface area contributed by atoms with Crippen LogP contribution in [0.3, 0.4) is 0 Å². The van der Waals surface area contributed by atoms with Crippen LogP contribution in [-0.2, 0) is 0 Å². The predicted molar refractivity (Wildman–Crippen MR) is 90.2 cm³/mol. The summed E-state index contributed by atoms with van der Waals surface area (Å²) in [4.78, 5) is 2.29. The fourth-order valence-corrected chi connectivity index (χ4v) is 3.62. The number of thiophene rings is 1. The number of hydrogen-bond donors (Lipinski definition) is 1. The summed E-state index contributed by atoms with van der Waals surface area (Å²) in [6, 6.07) is 7.34. The lowest BCUT2D eigenvalue weighted by atomic mass is 10.1. The lowest BCUT2D eigenvalue weighted by Gasteiger charge is -2.22. The van der Waals surface area contributed by atoms with Gasteiger partial charge >= 0.3 is 0 Å². The van der Waals surface area contributed by atoms with E-state index in [-0.39, 0.29) is 12.1 Å². The van der Waals surface area contributed by atoms with Gasteiger partial charge in [-0.2, -0.15) is 0 Å². The Kier molecular flexibility index (Phi) is 5.37. The fraction of sp³-hybridized carbons (Fsp3) is 0.286. The molecule has 2 atom stereocenters. The highest BCUT2D eigenvalue weighted by molar-refractivity contribution is 9.10. The largest absolute Gasteiger partial charge is 0.482 e. The maximum absolute atomic E-state index is 6.19. The van der Waals surface area contributed by atoms with E-state index in [2.05, 4.69) is 28.9 Å². The zero-order valence-corrected chi connectivity index (χ0v) is 14.9. The van der Waals surface area contributed by atoms with E-state index >= 15 is 0 Å². The number of benzene rings is 1. The maximum Gasteiger partial charge on any atom is 0.148 e. The van der Waals surface area contributed by atoms with Crippen LogP contribution in [0, 0.1) is 6.92 Å². The minimum atomic E-state index is -0.247. The second-order valence-corrected chi connectivity index (χ2v) is 7.53. The van der Waals surface area contributed by atoms with Gasteiger partial charge in [-0.05, 0) is 48.0 Å². The van der Waals surface area contributed by atoms with E-state index in [9.17, 15) is 0 Å². The molecule has 0 aliphatic heterocycles. The van der Waals surface area contributed by atoms with Crippen molar-refractivity contribution >= 4 is 50.5 Å². The summed E-state index contributed by atoms with van der Waals surface area (Å²) in [5, 5.41) is 1.05. The molecule has 2 unspecified atom stereocenters. The molecular formula is C14H14BrCl2NOS. The van der Waals surface area contributed by atoms with Crippen molar-refractivity contribution in [3.05, 3.63) is 48.5 Å². The van der Waals surface area contributed by atoms with Crippen LogP contribution in [0.2, 0.25) is 10.0 Å².